The number of hydrazine groups is 1. The Hall–Kier alpha value is -1.92. The van der Waals surface area contributed by atoms with E-state index >= 15 is 0 Å². The van der Waals surface area contributed by atoms with Gasteiger partial charge in [0.15, 0.2) is 0 Å². The topological polar surface area (TPSA) is 80.0 Å². The summed E-state index contributed by atoms with van der Waals surface area (Å²) in [6.45, 7) is 6.63. The molecule has 2 aromatic rings. The summed E-state index contributed by atoms with van der Waals surface area (Å²) < 4.78 is 0. The van der Waals surface area contributed by atoms with Gasteiger partial charge in [0.1, 0.15) is 5.82 Å². The Morgan fingerprint density at radius 2 is 2.19 bits per heavy atom. The molecular formula is C15H20N4OS. The quantitative estimate of drug-likeness (QED) is 0.586. The van der Waals surface area contributed by atoms with E-state index in [1.165, 1.54) is 10.4 Å². The van der Waals surface area contributed by atoms with Gasteiger partial charge in [-0.3, -0.25) is 4.79 Å². The van der Waals surface area contributed by atoms with Crippen LogP contribution >= 0.6 is 11.3 Å². The van der Waals surface area contributed by atoms with Gasteiger partial charge in [-0.05, 0) is 42.0 Å². The van der Waals surface area contributed by atoms with E-state index in [9.17, 15) is 4.79 Å². The number of nitrogens with two attached hydrogens (primary N) is 1. The van der Waals surface area contributed by atoms with Gasteiger partial charge in [-0.1, -0.05) is 13.8 Å². The molecule has 0 bridgehead atoms. The first-order chi connectivity index (χ1) is 10.0. The number of aryl methyl sites for hydroxylation is 1. The third kappa shape index (κ3) is 3.80. The lowest BCUT2D eigenvalue weighted by atomic mass is 10.1. The highest BCUT2D eigenvalue weighted by Crippen LogP contribution is 2.18. The lowest BCUT2D eigenvalue weighted by molar-refractivity contribution is 0.0951. The van der Waals surface area contributed by atoms with Crippen LogP contribution in [0.5, 0.6) is 0 Å². The van der Waals surface area contributed by atoms with Crippen molar-refractivity contribution in [3.05, 3.63) is 45.3 Å². The standard InChI is InChI=1S/C15H20N4OS/c1-9(2)12-6-11(7-14(18-12)19-16)15(20)17-8-13-10(3)4-5-21-13/h4-7,9H,8,16H2,1-3H3,(H,17,20)(H,18,19). The first-order valence-electron chi connectivity index (χ1n) is 6.81. The average molecular weight is 304 g/mol. The van der Waals surface area contributed by atoms with Crippen LogP contribution in [0.3, 0.4) is 0 Å². The zero-order valence-corrected chi connectivity index (χ0v) is 13.3. The van der Waals surface area contributed by atoms with E-state index < -0.39 is 0 Å². The zero-order valence-electron chi connectivity index (χ0n) is 12.4. The van der Waals surface area contributed by atoms with E-state index in [1.54, 1.807) is 17.4 Å². The molecule has 4 N–H and O–H groups in total. The number of carbonyl (C=O) groups excluding carboxylic acids is 1. The zero-order chi connectivity index (χ0) is 15.4. The van der Waals surface area contributed by atoms with Crippen molar-refractivity contribution in [2.45, 2.75) is 33.2 Å². The number of hydrogen-bond acceptors (Lipinski definition) is 5. The molecule has 0 unspecified atom stereocenters. The Morgan fingerprint density at radius 3 is 2.76 bits per heavy atom. The van der Waals surface area contributed by atoms with Crippen molar-refractivity contribution in [3.8, 4) is 0 Å². The molecule has 112 valence electrons. The molecule has 0 fully saturated rings. The fourth-order valence-corrected chi connectivity index (χ4v) is 2.75. The second kappa shape index (κ2) is 6.69. The molecule has 6 heteroatoms. The van der Waals surface area contributed by atoms with Crippen molar-refractivity contribution in [2.24, 2.45) is 5.84 Å². The molecule has 0 spiro atoms. The molecular weight excluding hydrogens is 284 g/mol. The van der Waals surface area contributed by atoms with Crippen LogP contribution in [-0.2, 0) is 6.54 Å². The van der Waals surface area contributed by atoms with Gasteiger partial charge >= 0.3 is 0 Å². The van der Waals surface area contributed by atoms with Crippen molar-refractivity contribution in [3.63, 3.8) is 0 Å². The van der Waals surface area contributed by atoms with Crippen LogP contribution in [0.15, 0.2) is 23.6 Å². The number of pyridine rings is 1. The largest absolute Gasteiger partial charge is 0.347 e. The predicted molar refractivity (Wildman–Crippen MR) is 86.4 cm³/mol. The first kappa shape index (κ1) is 15.5. The fourth-order valence-electron chi connectivity index (χ4n) is 1.90. The fraction of sp³-hybridized carbons (Fsp3) is 0.333. The molecule has 21 heavy (non-hydrogen) atoms. The number of amides is 1. The Balaban J connectivity index is 2.14. The van der Waals surface area contributed by atoms with Gasteiger partial charge in [0.05, 0.1) is 6.54 Å². The monoisotopic (exact) mass is 304 g/mol. The maximum atomic E-state index is 12.3. The molecule has 0 saturated heterocycles. The van der Waals surface area contributed by atoms with Gasteiger partial charge in [-0.15, -0.1) is 11.3 Å². The van der Waals surface area contributed by atoms with Gasteiger partial charge in [0.25, 0.3) is 5.91 Å². The average Bonchev–Trinajstić information content (AvgIpc) is 2.89. The van der Waals surface area contributed by atoms with Crippen LogP contribution in [0.2, 0.25) is 0 Å². The van der Waals surface area contributed by atoms with E-state index in [-0.39, 0.29) is 11.8 Å². The highest BCUT2D eigenvalue weighted by atomic mass is 32.1. The highest BCUT2D eigenvalue weighted by Gasteiger charge is 2.12. The van der Waals surface area contributed by atoms with Gasteiger partial charge < -0.3 is 10.7 Å². The SMILES string of the molecule is Cc1ccsc1CNC(=O)c1cc(NN)nc(C(C)C)c1. The number of nitrogen functional groups attached to an aromatic ring is 1. The lowest BCUT2D eigenvalue weighted by Gasteiger charge is -2.11. The predicted octanol–water partition coefficient (Wildman–Crippen LogP) is 2.79. The number of nitrogens with zero attached hydrogens (tertiary/aromatic N) is 1. The molecule has 5 nitrogen and oxygen atoms in total. The molecule has 0 radical (unpaired) electrons. The summed E-state index contributed by atoms with van der Waals surface area (Å²) >= 11 is 1.64. The molecule has 2 heterocycles. The minimum absolute atomic E-state index is 0.122. The minimum Gasteiger partial charge on any atom is -0.347 e. The Morgan fingerprint density at radius 1 is 1.43 bits per heavy atom. The molecule has 1 amide bonds. The van der Waals surface area contributed by atoms with Crippen molar-refractivity contribution >= 4 is 23.1 Å². The molecule has 2 aromatic heterocycles. The van der Waals surface area contributed by atoms with E-state index in [1.807, 2.05) is 38.3 Å². The summed E-state index contributed by atoms with van der Waals surface area (Å²) in [5, 5.41) is 4.96. The van der Waals surface area contributed by atoms with Gasteiger partial charge in [0.2, 0.25) is 0 Å². The molecule has 0 aromatic carbocycles. The summed E-state index contributed by atoms with van der Waals surface area (Å²) in [6.07, 6.45) is 0. The van der Waals surface area contributed by atoms with Crippen LogP contribution in [0.25, 0.3) is 0 Å². The number of rotatable bonds is 5. The molecule has 0 atom stereocenters. The second-order valence-electron chi connectivity index (χ2n) is 5.17. The van der Waals surface area contributed by atoms with Crippen LogP contribution in [0.1, 0.15) is 46.3 Å². The van der Waals surface area contributed by atoms with E-state index in [0.29, 0.717) is 17.9 Å². The van der Waals surface area contributed by atoms with Crippen molar-refractivity contribution in [2.75, 3.05) is 5.43 Å². The third-order valence-corrected chi connectivity index (χ3v) is 4.25. The van der Waals surface area contributed by atoms with E-state index in [2.05, 4.69) is 15.7 Å². The number of thiophene rings is 1. The summed E-state index contributed by atoms with van der Waals surface area (Å²) in [5.74, 6) is 6.02. The van der Waals surface area contributed by atoms with Crippen LogP contribution < -0.4 is 16.6 Å². The summed E-state index contributed by atoms with van der Waals surface area (Å²) in [5.41, 5.74) is 5.11. The first-order valence-corrected chi connectivity index (χ1v) is 7.69. The number of aromatic nitrogens is 1. The number of nitrogens with one attached hydrogen (secondary N) is 2. The molecule has 0 aliphatic heterocycles. The third-order valence-electron chi connectivity index (χ3n) is 3.22. The Bertz CT molecular complexity index is 636. The summed E-state index contributed by atoms with van der Waals surface area (Å²) in [6, 6.07) is 5.51. The van der Waals surface area contributed by atoms with Crippen LogP contribution in [-0.4, -0.2) is 10.9 Å². The Kier molecular flexibility index (Phi) is 4.93. The van der Waals surface area contributed by atoms with Crippen molar-refractivity contribution in [1.29, 1.82) is 0 Å². The molecule has 2 rings (SSSR count). The lowest BCUT2D eigenvalue weighted by Crippen LogP contribution is -2.23. The molecule has 0 aliphatic carbocycles. The van der Waals surface area contributed by atoms with Gasteiger partial charge in [0, 0.05) is 16.1 Å². The smallest absolute Gasteiger partial charge is 0.251 e. The maximum Gasteiger partial charge on any atom is 0.251 e. The highest BCUT2D eigenvalue weighted by molar-refractivity contribution is 7.10. The van der Waals surface area contributed by atoms with Gasteiger partial charge in [-0.25, -0.2) is 10.8 Å². The summed E-state index contributed by atoms with van der Waals surface area (Å²) in [7, 11) is 0. The number of hydrogen-bond donors (Lipinski definition) is 3. The number of anilines is 1. The maximum absolute atomic E-state index is 12.3. The van der Waals surface area contributed by atoms with Crippen LogP contribution in [0.4, 0.5) is 5.82 Å². The molecule has 0 aliphatic rings. The van der Waals surface area contributed by atoms with Crippen molar-refractivity contribution in [1.82, 2.24) is 10.3 Å². The van der Waals surface area contributed by atoms with Crippen LogP contribution in [0, 0.1) is 6.92 Å². The van der Waals surface area contributed by atoms with E-state index in [0.717, 1.165) is 5.69 Å². The second-order valence-corrected chi connectivity index (χ2v) is 6.18. The minimum atomic E-state index is -0.122. The molecule has 0 saturated carbocycles. The van der Waals surface area contributed by atoms with E-state index in [4.69, 9.17) is 5.84 Å². The normalized spacial score (nSPS) is 10.7. The van der Waals surface area contributed by atoms with Gasteiger partial charge in [-0.2, -0.15) is 0 Å². The summed E-state index contributed by atoms with van der Waals surface area (Å²) in [4.78, 5) is 17.8. The van der Waals surface area contributed by atoms with Crippen molar-refractivity contribution < 1.29 is 4.79 Å². The number of carbonyl (C=O) groups is 1. The Labute approximate surface area is 128 Å².